The van der Waals surface area contributed by atoms with Crippen molar-refractivity contribution in [2.24, 2.45) is 5.92 Å². The Morgan fingerprint density at radius 1 is 1.21 bits per heavy atom. The number of rotatable bonds is 7. The highest BCUT2D eigenvalue weighted by Gasteiger charge is 2.40. The summed E-state index contributed by atoms with van der Waals surface area (Å²) in [6, 6.07) is 13.9. The number of piperidine rings is 1. The molecule has 0 saturated carbocycles. The first-order valence-electron chi connectivity index (χ1n) is 10.1. The summed E-state index contributed by atoms with van der Waals surface area (Å²) in [6.45, 7) is 2.70. The van der Waals surface area contributed by atoms with E-state index in [0.29, 0.717) is 25.1 Å². The zero-order valence-corrected chi connectivity index (χ0v) is 16.9. The molecule has 0 bridgehead atoms. The maximum Gasteiger partial charge on any atom is 0.230 e. The van der Waals surface area contributed by atoms with Gasteiger partial charge in [0.25, 0.3) is 0 Å². The van der Waals surface area contributed by atoms with E-state index >= 15 is 0 Å². The first kappa shape index (κ1) is 20.7. The fraction of sp³-hybridized carbons (Fsp3) is 0.391. The average molecular weight is 396 g/mol. The number of anilines is 1. The number of amides is 2. The van der Waals surface area contributed by atoms with Crippen LogP contribution in [0.2, 0.25) is 0 Å². The van der Waals surface area contributed by atoms with E-state index in [-0.39, 0.29) is 23.6 Å². The minimum absolute atomic E-state index is 0.0246. The highest BCUT2D eigenvalue weighted by molar-refractivity contribution is 5.95. The number of unbranched alkanes of at least 4 members (excludes halogenated alkanes) is 1. The fourth-order valence-corrected chi connectivity index (χ4v) is 3.84. The number of aromatic hydroxyl groups is 1. The van der Waals surface area contributed by atoms with Crippen LogP contribution in [0.25, 0.3) is 0 Å². The van der Waals surface area contributed by atoms with E-state index in [2.05, 4.69) is 12.2 Å². The molecule has 2 atom stereocenters. The molecule has 0 aliphatic carbocycles. The Hall–Kier alpha value is -3.02. The molecule has 2 amide bonds. The monoisotopic (exact) mass is 396 g/mol. The maximum atomic E-state index is 13.2. The lowest BCUT2D eigenvalue weighted by Gasteiger charge is -2.41. The van der Waals surface area contributed by atoms with Crippen molar-refractivity contribution in [3.8, 4) is 11.5 Å². The van der Waals surface area contributed by atoms with E-state index in [0.717, 1.165) is 24.2 Å². The number of hydrogen-bond acceptors (Lipinski definition) is 4. The first-order chi connectivity index (χ1) is 14.0. The van der Waals surface area contributed by atoms with E-state index in [1.807, 2.05) is 29.2 Å². The zero-order chi connectivity index (χ0) is 20.8. The van der Waals surface area contributed by atoms with Crippen molar-refractivity contribution >= 4 is 17.5 Å². The Bertz CT molecular complexity index is 850. The second-order valence-electron chi connectivity index (χ2n) is 7.31. The van der Waals surface area contributed by atoms with Crippen LogP contribution in [0.5, 0.6) is 11.5 Å². The summed E-state index contributed by atoms with van der Waals surface area (Å²) < 4.78 is 5.25. The van der Waals surface area contributed by atoms with Gasteiger partial charge in [-0.1, -0.05) is 37.6 Å². The van der Waals surface area contributed by atoms with Crippen LogP contribution in [-0.2, 0) is 9.59 Å². The van der Waals surface area contributed by atoms with Gasteiger partial charge in [-0.3, -0.25) is 9.59 Å². The minimum Gasteiger partial charge on any atom is -0.506 e. The third-order valence-electron chi connectivity index (χ3n) is 5.42. The topological polar surface area (TPSA) is 78.9 Å². The number of phenolic OH excluding ortho intramolecular Hbond substituents is 1. The Labute approximate surface area is 171 Å². The lowest BCUT2D eigenvalue weighted by atomic mass is 9.83. The van der Waals surface area contributed by atoms with E-state index in [9.17, 15) is 14.7 Å². The van der Waals surface area contributed by atoms with Gasteiger partial charge in [0.05, 0.1) is 24.8 Å². The molecule has 154 valence electrons. The predicted molar refractivity (Wildman–Crippen MR) is 112 cm³/mol. The molecule has 3 rings (SSSR count). The summed E-state index contributed by atoms with van der Waals surface area (Å²) in [5.74, 6) is 0.229. The Morgan fingerprint density at radius 2 is 1.93 bits per heavy atom. The van der Waals surface area contributed by atoms with E-state index in [1.54, 1.807) is 25.3 Å². The summed E-state index contributed by atoms with van der Waals surface area (Å²) in [4.78, 5) is 27.7. The Kier molecular flexibility index (Phi) is 6.75. The number of nitrogens with zero attached hydrogens (tertiary/aromatic N) is 1. The van der Waals surface area contributed by atoms with Gasteiger partial charge in [0.1, 0.15) is 11.5 Å². The van der Waals surface area contributed by atoms with Crippen LogP contribution >= 0.6 is 0 Å². The van der Waals surface area contributed by atoms with E-state index < -0.39 is 5.92 Å². The second-order valence-corrected chi connectivity index (χ2v) is 7.31. The molecule has 1 aliphatic rings. The number of benzene rings is 2. The highest BCUT2D eigenvalue weighted by atomic mass is 16.5. The molecular weight excluding hydrogens is 368 g/mol. The van der Waals surface area contributed by atoms with Crippen LogP contribution in [0.1, 0.15) is 44.2 Å². The molecule has 1 aliphatic heterocycles. The number of hydrogen-bond donors (Lipinski definition) is 2. The molecule has 2 N–H and O–H groups in total. The van der Waals surface area contributed by atoms with Crippen LogP contribution in [0.4, 0.5) is 5.69 Å². The van der Waals surface area contributed by atoms with Crippen molar-refractivity contribution in [2.75, 3.05) is 19.0 Å². The first-order valence-corrected chi connectivity index (χ1v) is 10.1. The molecule has 6 heteroatoms. The number of likely N-dealkylation sites (tertiary alicyclic amines) is 1. The Morgan fingerprint density at radius 3 is 2.59 bits per heavy atom. The molecule has 0 unspecified atom stereocenters. The van der Waals surface area contributed by atoms with Crippen molar-refractivity contribution in [3.05, 3.63) is 54.1 Å². The maximum absolute atomic E-state index is 13.2. The average Bonchev–Trinajstić information content (AvgIpc) is 2.74. The SMILES string of the molecule is CCCCN1C(=O)CC[C@@H](C(=O)Nc2ccccc2O)[C@H]1c1ccc(OC)cc1. The summed E-state index contributed by atoms with van der Waals surface area (Å²) in [5, 5.41) is 12.9. The quantitative estimate of drug-likeness (QED) is 0.690. The van der Waals surface area contributed by atoms with Crippen LogP contribution < -0.4 is 10.1 Å². The number of methoxy groups -OCH3 is 1. The van der Waals surface area contributed by atoms with Gasteiger partial charge in [0.2, 0.25) is 11.8 Å². The van der Waals surface area contributed by atoms with Crippen LogP contribution in [0, 0.1) is 5.92 Å². The smallest absolute Gasteiger partial charge is 0.230 e. The Balaban J connectivity index is 1.92. The van der Waals surface area contributed by atoms with Crippen molar-refractivity contribution in [1.29, 1.82) is 0 Å². The number of carbonyl (C=O) groups is 2. The van der Waals surface area contributed by atoms with Gasteiger partial charge in [-0.05, 0) is 42.7 Å². The number of nitrogens with one attached hydrogen (secondary N) is 1. The van der Waals surface area contributed by atoms with Gasteiger partial charge in [0.15, 0.2) is 0 Å². The predicted octanol–water partition coefficient (Wildman–Crippen LogP) is 4.12. The second kappa shape index (κ2) is 9.45. The van der Waals surface area contributed by atoms with Crippen molar-refractivity contribution in [3.63, 3.8) is 0 Å². The van der Waals surface area contributed by atoms with Crippen molar-refractivity contribution in [2.45, 2.75) is 38.6 Å². The van der Waals surface area contributed by atoms with Gasteiger partial charge >= 0.3 is 0 Å². The number of para-hydroxylation sites is 2. The standard InChI is InChI=1S/C23H28N2O4/c1-3-4-15-25-21(27)14-13-18(22(25)16-9-11-17(29-2)12-10-16)23(28)24-19-7-5-6-8-20(19)26/h5-12,18,22,26H,3-4,13-15H2,1-2H3,(H,24,28)/t18-,22-/m1/s1. The van der Waals surface area contributed by atoms with Gasteiger partial charge in [-0.25, -0.2) is 0 Å². The lowest BCUT2D eigenvalue weighted by Crippen LogP contribution is -2.47. The van der Waals surface area contributed by atoms with Gasteiger partial charge < -0.3 is 20.1 Å². The molecule has 0 spiro atoms. The molecule has 1 heterocycles. The lowest BCUT2D eigenvalue weighted by molar-refractivity contribution is -0.142. The summed E-state index contributed by atoms with van der Waals surface area (Å²) in [6.07, 6.45) is 2.66. The third-order valence-corrected chi connectivity index (χ3v) is 5.42. The van der Waals surface area contributed by atoms with E-state index in [1.165, 1.54) is 6.07 Å². The molecule has 1 fully saturated rings. The van der Waals surface area contributed by atoms with Gasteiger partial charge in [-0.2, -0.15) is 0 Å². The molecule has 6 nitrogen and oxygen atoms in total. The summed E-state index contributed by atoms with van der Waals surface area (Å²) in [5.41, 5.74) is 1.29. The minimum atomic E-state index is -0.405. The van der Waals surface area contributed by atoms with Crippen LogP contribution in [0.3, 0.4) is 0 Å². The molecule has 1 saturated heterocycles. The number of carbonyl (C=O) groups excluding carboxylic acids is 2. The highest BCUT2D eigenvalue weighted by Crippen LogP contribution is 2.38. The zero-order valence-electron chi connectivity index (χ0n) is 16.9. The van der Waals surface area contributed by atoms with Crippen LogP contribution in [-0.4, -0.2) is 35.5 Å². The van der Waals surface area contributed by atoms with Crippen molar-refractivity contribution < 1.29 is 19.4 Å². The van der Waals surface area contributed by atoms with Gasteiger partial charge in [0, 0.05) is 13.0 Å². The largest absolute Gasteiger partial charge is 0.506 e. The third kappa shape index (κ3) is 4.70. The normalized spacial score (nSPS) is 19.1. The van der Waals surface area contributed by atoms with Crippen LogP contribution in [0.15, 0.2) is 48.5 Å². The van der Waals surface area contributed by atoms with Crippen molar-refractivity contribution in [1.82, 2.24) is 4.90 Å². The molecule has 0 radical (unpaired) electrons. The fourth-order valence-electron chi connectivity index (χ4n) is 3.84. The molecule has 2 aromatic carbocycles. The summed E-state index contributed by atoms with van der Waals surface area (Å²) >= 11 is 0. The van der Waals surface area contributed by atoms with E-state index in [4.69, 9.17) is 4.74 Å². The van der Waals surface area contributed by atoms with Gasteiger partial charge in [-0.15, -0.1) is 0 Å². The summed E-state index contributed by atoms with van der Waals surface area (Å²) in [7, 11) is 1.61. The molecule has 2 aromatic rings. The number of ether oxygens (including phenoxy) is 1. The molecule has 0 aromatic heterocycles. The number of phenols is 1. The molecular formula is C23H28N2O4. The molecule has 29 heavy (non-hydrogen) atoms.